The van der Waals surface area contributed by atoms with Crippen molar-refractivity contribution < 1.29 is 18.3 Å². The van der Waals surface area contributed by atoms with E-state index in [0.29, 0.717) is 12.1 Å². The lowest BCUT2D eigenvalue weighted by molar-refractivity contribution is -0.119. The van der Waals surface area contributed by atoms with Crippen LogP contribution in [0.15, 0.2) is 23.1 Å². The summed E-state index contributed by atoms with van der Waals surface area (Å²) in [4.78, 5) is 16.5. The first-order valence-corrected chi connectivity index (χ1v) is 11.5. The number of amides is 1. The number of sulfone groups is 1. The van der Waals surface area contributed by atoms with Crippen molar-refractivity contribution in [2.24, 2.45) is 5.73 Å². The second-order valence-electron chi connectivity index (χ2n) is 9.73. The fourth-order valence-corrected chi connectivity index (χ4v) is 5.29. The Morgan fingerprint density at radius 2 is 1.79 bits per heavy atom. The van der Waals surface area contributed by atoms with E-state index in [0.717, 1.165) is 37.0 Å². The Hall–Kier alpha value is -1.93. The molecule has 1 aromatic heterocycles. The molecule has 3 N–H and O–H groups in total. The predicted molar refractivity (Wildman–Crippen MR) is 112 cm³/mol. The third kappa shape index (κ3) is 3.68. The molecule has 0 spiro atoms. The molecule has 8 heteroatoms. The SMILES string of the molecule is CC(C)(C)c1nc2cc(S(=O)(=O)C(C)(C)C(N)=O)ccc2n1CC1(O)CCCC1. The van der Waals surface area contributed by atoms with Crippen LogP contribution in [0.4, 0.5) is 0 Å². The molecule has 0 saturated heterocycles. The molecule has 0 bridgehead atoms. The van der Waals surface area contributed by atoms with E-state index in [9.17, 15) is 18.3 Å². The monoisotopic (exact) mass is 421 g/mol. The van der Waals surface area contributed by atoms with Crippen LogP contribution in [0.3, 0.4) is 0 Å². The van der Waals surface area contributed by atoms with Gasteiger partial charge in [-0.2, -0.15) is 0 Å². The second kappa shape index (κ2) is 6.80. The van der Waals surface area contributed by atoms with E-state index in [2.05, 4.69) is 0 Å². The van der Waals surface area contributed by atoms with Crippen LogP contribution in [-0.2, 0) is 26.6 Å². The van der Waals surface area contributed by atoms with Crippen LogP contribution in [0.25, 0.3) is 11.0 Å². The Labute approximate surface area is 172 Å². The summed E-state index contributed by atoms with van der Waals surface area (Å²) in [5, 5.41) is 11.0. The predicted octanol–water partition coefficient (Wildman–Crippen LogP) is 2.68. The molecule has 3 rings (SSSR count). The van der Waals surface area contributed by atoms with Crippen LogP contribution in [-0.4, -0.2) is 39.3 Å². The number of fused-ring (bicyclic) bond motifs is 1. The number of nitrogens with two attached hydrogens (primary N) is 1. The van der Waals surface area contributed by atoms with Crippen molar-refractivity contribution in [3.8, 4) is 0 Å². The second-order valence-corrected chi connectivity index (χ2v) is 12.2. The lowest BCUT2D eigenvalue weighted by Crippen LogP contribution is -2.45. The van der Waals surface area contributed by atoms with Crippen LogP contribution in [0.2, 0.25) is 0 Å². The van der Waals surface area contributed by atoms with Crippen molar-refractivity contribution in [3.05, 3.63) is 24.0 Å². The summed E-state index contributed by atoms with van der Waals surface area (Å²) < 4.78 is 26.2. The summed E-state index contributed by atoms with van der Waals surface area (Å²) in [6.07, 6.45) is 3.49. The molecule has 1 aliphatic carbocycles. The third-order valence-electron chi connectivity index (χ3n) is 5.95. The average molecular weight is 422 g/mol. The first-order valence-electron chi connectivity index (χ1n) is 9.97. The number of aliphatic hydroxyl groups is 1. The Morgan fingerprint density at radius 3 is 2.31 bits per heavy atom. The van der Waals surface area contributed by atoms with E-state index in [1.165, 1.54) is 26.0 Å². The summed E-state index contributed by atoms with van der Waals surface area (Å²) in [7, 11) is -3.98. The zero-order chi connectivity index (χ0) is 21.8. The first-order chi connectivity index (χ1) is 13.2. The van der Waals surface area contributed by atoms with Gasteiger partial charge in [0.15, 0.2) is 9.84 Å². The molecule has 2 aromatic rings. The standard InChI is InChI=1S/C21H31N3O4S/c1-19(2,3)18-23-15-12-14(29(27,28)20(4,5)17(22)25)8-9-16(15)24(18)13-21(26)10-6-7-11-21/h8-9,12,26H,6-7,10-11,13H2,1-5H3,(H2,22,25). The number of hydrogen-bond donors (Lipinski definition) is 2. The molecular formula is C21H31N3O4S. The van der Waals surface area contributed by atoms with E-state index in [4.69, 9.17) is 10.7 Å². The fourth-order valence-electron chi connectivity index (χ4n) is 3.92. The van der Waals surface area contributed by atoms with Crippen LogP contribution < -0.4 is 5.73 Å². The highest BCUT2D eigenvalue weighted by molar-refractivity contribution is 7.93. The number of aromatic nitrogens is 2. The molecule has 7 nitrogen and oxygen atoms in total. The molecule has 0 aliphatic heterocycles. The zero-order valence-electron chi connectivity index (χ0n) is 17.8. The molecule has 1 fully saturated rings. The molecule has 1 aliphatic rings. The molecule has 29 heavy (non-hydrogen) atoms. The molecule has 1 heterocycles. The lowest BCUT2D eigenvalue weighted by Gasteiger charge is -2.27. The summed E-state index contributed by atoms with van der Waals surface area (Å²) in [5.74, 6) is -0.113. The highest BCUT2D eigenvalue weighted by atomic mass is 32.2. The Balaban J connectivity index is 2.17. The van der Waals surface area contributed by atoms with Crippen LogP contribution in [0.1, 0.15) is 66.1 Å². The van der Waals surface area contributed by atoms with E-state index in [1.54, 1.807) is 6.07 Å². The fraction of sp³-hybridized carbons (Fsp3) is 0.619. The Morgan fingerprint density at radius 1 is 1.21 bits per heavy atom. The van der Waals surface area contributed by atoms with Crippen molar-refractivity contribution in [3.63, 3.8) is 0 Å². The molecule has 1 saturated carbocycles. The van der Waals surface area contributed by atoms with E-state index in [-0.39, 0.29) is 10.3 Å². The Bertz CT molecular complexity index is 1060. The van der Waals surface area contributed by atoms with Gasteiger partial charge in [0, 0.05) is 5.41 Å². The molecule has 160 valence electrons. The molecule has 1 aromatic carbocycles. The van der Waals surface area contributed by atoms with Gasteiger partial charge in [-0.1, -0.05) is 33.6 Å². The van der Waals surface area contributed by atoms with Gasteiger partial charge in [0.1, 0.15) is 10.6 Å². The number of imidazole rings is 1. The summed E-state index contributed by atoms with van der Waals surface area (Å²) in [6, 6.07) is 4.70. The largest absolute Gasteiger partial charge is 0.388 e. The van der Waals surface area contributed by atoms with Crippen LogP contribution >= 0.6 is 0 Å². The quantitative estimate of drug-likeness (QED) is 0.770. The third-order valence-corrected chi connectivity index (χ3v) is 8.37. The van der Waals surface area contributed by atoms with Gasteiger partial charge >= 0.3 is 0 Å². The number of benzene rings is 1. The van der Waals surface area contributed by atoms with Crippen LogP contribution in [0.5, 0.6) is 0 Å². The van der Waals surface area contributed by atoms with Crippen molar-refractivity contribution in [2.75, 3.05) is 0 Å². The average Bonchev–Trinajstić information content (AvgIpc) is 3.18. The first kappa shape index (κ1) is 21.8. The van der Waals surface area contributed by atoms with Crippen molar-refractivity contribution in [1.82, 2.24) is 9.55 Å². The van der Waals surface area contributed by atoms with Gasteiger partial charge in [0.25, 0.3) is 0 Å². The van der Waals surface area contributed by atoms with Crippen LogP contribution in [0, 0.1) is 0 Å². The smallest absolute Gasteiger partial charge is 0.238 e. The summed E-state index contributed by atoms with van der Waals surface area (Å²) in [6.45, 7) is 9.16. The van der Waals surface area contributed by atoms with Gasteiger partial charge in [0.2, 0.25) is 5.91 Å². The maximum Gasteiger partial charge on any atom is 0.238 e. The molecular weight excluding hydrogens is 390 g/mol. The molecule has 0 atom stereocenters. The number of carbonyl (C=O) groups excluding carboxylic acids is 1. The van der Waals surface area contributed by atoms with Gasteiger partial charge in [-0.3, -0.25) is 4.79 Å². The number of nitrogens with zero attached hydrogens (tertiary/aromatic N) is 2. The number of primary amides is 1. The molecule has 0 unspecified atom stereocenters. The Kier molecular flexibility index (Phi) is 5.11. The highest BCUT2D eigenvalue weighted by Crippen LogP contribution is 2.36. The topological polar surface area (TPSA) is 115 Å². The minimum atomic E-state index is -3.98. The van der Waals surface area contributed by atoms with Gasteiger partial charge < -0.3 is 15.4 Å². The van der Waals surface area contributed by atoms with E-state index in [1.807, 2.05) is 25.3 Å². The summed E-state index contributed by atoms with van der Waals surface area (Å²) in [5.41, 5.74) is 5.56. The number of rotatable bonds is 5. The number of hydrogen-bond acceptors (Lipinski definition) is 5. The molecule has 0 radical (unpaired) electrons. The van der Waals surface area contributed by atoms with Crippen molar-refractivity contribution >= 4 is 26.8 Å². The van der Waals surface area contributed by atoms with Gasteiger partial charge in [-0.25, -0.2) is 13.4 Å². The minimum Gasteiger partial charge on any atom is -0.388 e. The van der Waals surface area contributed by atoms with E-state index < -0.39 is 26.1 Å². The number of carbonyl (C=O) groups is 1. The maximum atomic E-state index is 13.0. The summed E-state index contributed by atoms with van der Waals surface area (Å²) >= 11 is 0. The maximum absolute atomic E-state index is 13.0. The minimum absolute atomic E-state index is 0.0125. The van der Waals surface area contributed by atoms with Gasteiger partial charge in [-0.15, -0.1) is 0 Å². The lowest BCUT2D eigenvalue weighted by atomic mass is 9.94. The zero-order valence-corrected chi connectivity index (χ0v) is 18.6. The molecule has 1 amide bonds. The van der Waals surface area contributed by atoms with Gasteiger partial charge in [0.05, 0.1) is 28.1 Å². The van der Waals surface area contributed by atoms with Crippen molar-refractivity contribution in [2.45, 2.75) is 87.5 Å². The normalized spacial score (nSPS) is 17.7. The van der Waals surface area contributed by atoms with Gasteiger partial charge in [-0.05, 0) is 44.9 Å². The highest BCUT2D eigenvalue weighted by Gasteiger charge is 2.42. The van der Waals surface area contributed by atoms with Crippen molar-refractivity contribution in [1.29, 1.82) is 0 Å². The van der Waals surface area contributed by atoms with E-state index >= 15 is 0 Å².